The van der Waals surface area contributed by atoms with Crippen LogP contribution in [0.1, 0.15) is 41.5 Å². The van der Waals surface area contributed by atoms with Crippen molar-refractivity contribution in [3.63, 3.8) is 0 Å². The zero-order valence-corrected chi connectivity index (χ0v) is 22.7. The van der Waals surface area contributed by atoms with Crippen molar-refractivity contribution in [2.24, 2.45) is 0 Å². The molecule has 0 spiro atoms. The zero-order chi connectivity index (χ0) is 29.2. The van der Waals surface area contributed by atoms with E-state index in [-0.39, 0.29) is 22.3 Å². The molecule has 0 unspecified atom stereocenters. The molecule has 210 valence electrons. The van der Waals surface area contributed by atoms with Crippen molar-refractivity contribution < 1.29 is 19.5 Å². The van der Waals surface area contributed by atoms with Gasteiger partial charge in [0, 0.05) is 24.7 Å². The van der Waals surface area contributed by atoms with E-state index in [1.54, 1.807) is 18.2 Å². The van der Waals surface area contributed by atoms with E-state index in [1.165, 1.54) is 6.07 Å². The molecule has 42 heavy (non-hydrogen) atoms. The van der Waals surface area contributed by atoms with Gasteiger partial charge in [-0.05, 0) is 63.8 Å². The molecule has 6 rings (SSSR count). The lowest BCUT2D eigenvalue weighted by Crippen LogP contribution is -2.06. The minimum atomic E-state index is -0.959. The fourth-order valence-electron chi connectivity index (χ4n) is 5.10. The van der Waals surface area contributed by atoms with Gasteiger partial charge in [0.2, 0.25) is 5.52 Å². The summed E-state index contributed by atoms with van der Waals surface area (Å²) in [5.41, 5.74) is 6.07. The molecular weight excluding hydrogens is 536 g/mol. The van der Waals surface area contributed by atoms with Gasteiger partial charge in [-0.3, -0.25) is 10.1 Å². The number of hydrogen-bond acceptors (Lipinski definition) is 8. The Morgan fingerprint density at radius 1 is 1.02 bits per heavy atom. The highest BCUT2D eigenvalue weighted by Gasteiger charge is 2.20. The second-order valence-electron chi connectivity index (χ2n) is 9.94. The number of nitrogens with one attached hydrogen (secondary N) is 1. The number of aryl methyl sites for hydroxylation is 1. The number of unbranched alkanes of at least 4 members (excludes halogenated alkanes) is 1. The van der Waals surface area contributed by atoms with E-state index in [1.807, 2.05) is 54.6 Å². The van der Waals surface area contributed by atoms with Gasteiger partial charge in [0.05, 0.1) is 27.2 Å². The van der Waals surface area contributed by atoms with Gasteiger partial charge < -0.3 is 15.0 Å². The molecule has 0 bridgehead atoms. The smallest absolute Gasteiger partial charge is 0.336 e. The topological polar surface area (TPSA) is 149 Å². The monoisotopic (exact) mass is 562 g/mol. The molecule has 0 aliphatic heterocycles. The van der Waals surface area contributed by atoms with E-state index in [0.29, 0.717) is 17.8 Å². The first-order valence-electron chi connectivity index (χ1n) is 13.5. The van der Waals surface area contributed by atoms with Crippen molar-refractivity contribution in [1.29, 1.82) is 0 Å². The number of imidazole rings is 1. The molecule has 0 aliphatic carbocycles. The molecule has 11 heteroatoms. The van der Waals surface area contributed by atoms with Gasteiger partial charge in [-0.15, -0.1) is 0 Å². The standard InChI is InChI=1S/C31H26N6O5/c1-2-3-8-28-33-24-14-13-21(32-25-15-16-26(37(40)41)30-29(25)34-42-35-30)17-27(24)36(28)18-19-9-11-20(12-10-19)22-6-4-5-7-23(22)31(38)39/h4-7,9-17,32H,2-3,8,18H2,1H3,(H,38,39). The molecule has 0 atom stereocenters. The predicted molar refractivity (Wildman–Crippen MR) is 158 cm³/mol. The molecule has 11 nitrogen and oxygen atoms in total. The van der Waals surface area contributed by atoms with Gasteiger partial charge in [-0.2, -0.15) is 0 Å². The first-order chi connectivity index (χ1) is 20.4. The summed E-state index contributed by atoms with van der Waals surface area (Å²) < 4.78 is 6.99. The van der Waals surface area contributed by atoms with Crippen LogP contribution in [0.4, 0.5) is 17.1 Å². The summed E-state index contributed by atoms with van der Waals surface area (Å²) in [5.74, 6) is 0.0153. The average molecular weight is 563 g/mol. The third-order valence-electron chi connectivity index (χ3n) is 7.21. The molecule has 2 N–H and O–H groups in total. The summed E-state index contributed by atoms with van der Waals surface area (Å²) >= 11 is 0. The summed E-state index contributed by atoms with van der Waals surface area (Å²) in [7, 11) is 0. The molecular formula is C31H26N6O5. The predicted octanol–water partition coefficient (Wildman–Crippen LogP) is 6.98. The van der Waals surface area contributed by atoms with Crippen molar-refractivity contribution in [1.82, 2.24) is 19.9 Å². The third-order valence-corrected chi connectivity index (χ3v) is 7.21. The first-order valence-corrected chi connectivity index (χ1v) is 13.5. The van der Waals surface area contributed by atoms with Crippen LogP contribution in [0.5, 0.6) is 0 Å². The van der Waals surface area contributed by atoms with Gasteiger partial charge in [0.15, 0.2) is 5.52 Å². The lowest BCUT2D eigenvalue weighted by Gasteiger charge is -2.12. The number of aromatic nitrogens is 4. The minimum Gasteiger partial charge on any atom is -0.478 e. The van der Waals surface area contributed by atoms with E-state index in [2.05, 4.69) is 27.1 Å². The number of carbonyl (C=O) groups is 1. The van der Waals surface area contributed by atoms with Gasteiger partial charge in [-0.25, -0.2) is 14.4 Å². The molecule has 0 saturated heterocycles. The molecule has 0 amide bonds. The van der Waals surface area contributed by atoms with E-state index >= 15 is 0 Å². The number of carboxylic acids is 1. The largest absolute Gasteiger partial charge is 0.478 e. The Morgan fingerprint density at radius 3 is 2.57 bits per heavy atom. The van der Waals surface area contributed by atoms with Crippen molar-refractivity contribution in [2.75, 3.05) is 5.32 Å². The van der Waals surface area contributed by atoms with Crippen LogP contribution in [-0.4, -0.2) is 35.9 Å². The van der Waals surface area contributed by atoms with E-state index in [4.69, 9.17) is 9.61 Å². The van der Waals surface area contributed by atoms with Crippen LogP contribution < -0.4 is 5.32 Å². The molecule has 4 aromatic carbocycles. The number of hydrogen-bond donors (Lipinski definition) is 2. The van der Waals surface area contributed by atoms with Crippen molar-refractivity contribution in [3.05, 3.63) is 106 Å². The van der Waals surface area contributed by atoms with Crippen LogP contribution in [0, 0.1) is 10.1 Å². The fraction of sp³-hybridized carbons (Fsp3) is 0.161. The van der Waals surface area contributed by atoms with Gasteiger partial charge in [0.25, 0.3) is 0 Å². The lowest BCUT2D eigenvalue weighted by atomic mass is 9.99. The van der Waals surface area contributed by atoms with Crippen LogP contribution in [0.25, 0.3) is 33.2 Å². The molecule has 0 fully saturated rings. The number of anilines is 2. The second kappa shape index (κ2) is 11.1. The Morgan fingerprint density at radius 2 is 1.81 bits per heavy atom. The number of carboxylic acid groups (broad SMARTS) is 1. The Hall–Kier alpha value is -5.58. The molecule has 0 saturated carbocycles. The first kappa shape index (κ1) is 26.6. The quantitative estimate of drug-likeness (QED) is 0.133. The molecule has 6 aromatic rings. The summed E-state index contributed by atoms with van der Waals surface area (Å²) in [6.07, 6.45) is 2.86. The number of fused-ring (bicyclic) bond motifs is 2. The number of aromatic carboxylic acids is 1. The Bertz CT molecular complexity index is 1940. The summed E-state index contributed by atoms with van der Waals surface area (Å²) in [5, 5.41) is 31.8. The maximum atomic E-state index is 11.7. The van der Waals surface area contributed by atoms with Crippen LogP contribution >= 0.6 is 0 Å². The molecule has 2 heterocycles. The van der Waals surface area contributed by atoms with E-state index < -0.39 is 10.9 Å². The van der Waals surface area contributed by atoms with E-state index in [9.17, 15) is 20.0 Å². The number of nitrogens with zero attached hydrogens (tertiary/aromatic N) is 5. The summed E-state index contributed by atoms with van der Waals surface area (Å²) in [4.78, 5) is 27.5. The van der Waals surface area contributed by atoms with Crippen LogP contribution in [0.3, 0.4) is 0 Å². The maximum absolute atomic E-state index is 11.7. The highest BCUT2D eigenvalue weighted by molar-refractivity contribution is 5.96. The van der Waals surface area contributed by atoms with Crippen molar-refractivity contribution in [3.8, 4) is 11.1 Å². The van der Waals surface area contributed by atoms with E-state index in [0.717, 1.165) is 52.9 Å². The third kappa shape index (κ3) is 5.03. The van der Waals surface area contributed by atoms with Crippen LogP contribution in [0.2, 0.25) is 0 Å². The Kier molecular flexibility index (Phi) is 7.05. The number of nitro benzene ring substituents is 1. The van der Waals surface area contributed by atoms with Crippen molar-refractivity contribution in [2.45, 2.75) is 32.7 Å². The van der Waals surface area contributed by atoms with Gasteiger partial charge in [-0.1, -0.05) is 55.8 Å². The second-order valence-corrected chi connectivity index (χ2v) is 9.94. The SMILES string of the molecule is CCCCc1nc2ccc(Nc3ccc([N+](=O)[O-])c4nonc34)cc2n1Cc1ccc(-c2ccccc2C(=O)O)cc1. The van der Waals surface area contributed by atoms with Crippen LogP contribution in [0.15, 0.2) is 83.5 Å². The molecule has 0 aliphatic rings. The number of non-ortho nitro benzene ring substituents is 1. The Labute approximate surface area is 239 Å². The normalized spacial score (nSPS) is 11.3. The zero-order valence-electron chi connectivity index (χ0n) is 22.7. The van der Waals surface area contributed by atoms with Gasteiger partial charge >= 0.3 is 11.7 Å². The molecule has 2 aromatic heterocycles. The summed E-state index contributed by atoms with van der Waals surface area (Å²) in [6.45, 7) is 2.72. The minimum absolute atomic E-state index is 0.0763. The van der Waals surface area contributed by atoms with Crippen molar-refractivity contribution >= 4 is 45.1 Å². The number of benzene rings is 4. The highest BCUT2D eigenvalue weighted by atomic mass is 16.6. The maximum Gasteiger partial charge on any atom is 0.336 e. The molecule has 0 radical (unpaired) electrons. The summed E-state index contributed by atoms with van der Waals surface area (Å²) in [6, 6.07) is 23.7. The fourth-order valence-corrected chi connectivity index (χ4v) is 5.10. The number of nitro groups is 1. The lowest BCUT2D eigenvalue weighted by molar-refractivity contribution is -0.383. The van der Waals surface area contributed by atoms with Crippen LogP contribution in [-0.2, 0) is 13.0 Å². The Balaban J connectivity index is 1.34. The average Bonchev–Trinajstić information content (AvgIpc) is 3.62. The highest BCUT2D eigenvalue weighted by Crippen LogP contribution is 2.32. The van der Waals surface area contributed by atoms with Gasteiger partial charge in [0.1, 0.15) is 5.82 Å². The number of rotatable bonds is 10.